The van der Waals surface area contributed by atoms with Gasteiger partial charge in [0, 0.05) is 0 Å². The van der Waals surface area contributed by atoms with Crippen LogP contribution in [0.3, 0.4) is 0 Å². The van der Waals surface area contributed by atoms with Crippen LogP contribution < -0.4 is 0 Å². The van der Waals surface area contributed by atoms with Crippen molar-refractivity contribution in [3.63, 3.8) is 0 Å². The van der Waals surface area contributed by atoms with E-state index in [1.54, 1.807) is 0 Å². The van der Waals surface area contributed by atoms with E-state index in [-0.39, 0.29) is 0 Å². The van der Waals surface area contributed by atoms with Gasteiger partial charge in [-0.1, -0.05) is 130 Å². The molecule has 2 rings (SSSR count). The van der Waals surface area contributed by atoms with Gasteiger partial charge in [-0.15, -0.1) is 0 Å². The molecule has 0 bridgehead atoms. The fourth-order valence-corrected chi connectivity index (χ4v) is 2.09. The summed E-state index contributed by atoms with van der Waals surface area (Å²) in [6.07, 6.45) is 0. The predicted molar refractivity (Wildman–Crippen MR) is 115 cm³/mol. The van der Waals surface area contributed by atoms with Crippen LogP contribution in [0, 0.1) is 0 Å². The highest BCUT2D eigenvalue weighted by atomic mass is 14.2. The van der Waals surface area contributed by atoms with Gasteiger partial charge in [-0.3, -0.25) is 0 Å². The Bertz CT molecular complexity index is 373. The lowest BCUT2D eigenvalue weighted by Crippen LogP contribution is -2.04. The van der Waals surface area contributed by atoms with Gasteiger partial charge in [0.25, 0.3) is 0 Å². The van der Waals surface area contributed by atoms with E-state index in [2.05, 4.69) is 74.5 Å². The Hall–Kier alpha value is -1.56. The van der Waals surface area contributed by atoms with Crippen molar-refractivity contribution in [1.82, 2.24) is 0 Å². The molecule has 2 atom stereocenters. The maximum Gasteiger partial charge on any atom is -0.0124 e. The van der Waals surface area contributed by atoms with Crippen molar-refractivity contribution in [2.45, 2.75) is 81.1 Å². The molecule has 0 spiro atoms. The first-order valence-corrected chi connectivity index (χ1v) is 9.89. The van der Waals surface area contributed by atoms with Crippen molar-refractivity contribution >= 4 is 0 Å². The molecular formula is C24H42. The van der Waals surface area contributed by atoms with Crippen LogP contribution in [-0.2, 0) is 0 Å². The fourth-order valence-electron chi connectivity index (χ4n) is 2.09. The summed E-state index contributed by atoms with van der Waals surface area (Å²) >= 11 is 0. The lowest BCUT2D eigenvalue weighted by Gasteiger charge is -2.20. The van der Waals surface area contributed by atoms with Gasteiger partial charge in [0.15, 0.2) is 0 Å². The van der Waals surface area contributed by atoms with Crippen LogP contribution in [0.4, 0.5) is 0 Å². The highest BCUT2D eigenvalue weighted by Crippen LogP contribution is 2.31. The summed E-state index contributed by atoms with van der Waals surface area (Å²) in [5.41, 5.74) is 2.83. The summed E-state index contributed by atoms with van der Waals surface area (Å²) < 4.78 is 0. The van der Waals surface area contributed by atoms with Crippen molar-refractivity contribution in [3.05, 3.63) is 71.8 Å². The van der Waals surface area contributed by atoms with Crippen molar-refractivity contribution < 1.29 is 0 Å². The molecule has 2 aromatic carbocycles. The minimum Gasteiger partial charge on any atom is -0.0683 e. The van der Waals surface area contributed by atoms with Gasteiger partial charge in [-0.2, -0.15) is 0 Å². The van der Waals surface area contributed by atoms with E-state index in [0.717, 1.165) is 0 Å². The molecule has 0 radical (unpaired) electrons. The second kappa shape index (κ2) is 21.4. The fraction of sp³-hybridized carbons (Fsp3) is 0.500. The second-order valence-corrected chi connectivity index (χ2v) is 4.40. The molecule has 0 amide bonds. The zero-order valence-corrected chi connectivity index (χ0v) is 17.9. The molecule has 0 aliphatic carbocycles. The molecule has 0 heteroatoms. The Labute approximate surface area is 153 Å². The molecule has 0 aromatic heterocycles. The monoisotopic (exact) mass is 330 g/mol. The Morgan fingerprint density at radius 1 is 0.417 bits per heavy atom. The Kier molecular flexibility index (Phi) is 24.4. The molecule has 24 heavy (non-hydrogen) atoms. The van der Waals surface area contributed by atoms with Gasteiger partial charge < -0.3 is 0 Å². The predicted octanol–water partition coefficient (Wildman–Crippen LogP) is 8.70. The first kappa shape index (κ1) is 27.3. The first-order valence-electron chi connectivity index (χ1n) is 9.89. The molecule has 0 heterocycles. The normalized spacial score (nSPS) is 10.6. The van der Waals surface area contributed by atoms with Crippen molar-refractivity contribution in [1.29, 1.82) is 0 Å². The first-order chi connectivity index (χ1) is 11.8. The van der Waals surface area contributed by atoms with Crippen LogP contribution in [0.25, 0.3) is 0 Å². The molecule has 0 saturated heterocycles. The smallest absolute Gasteiger partial charge is 0.0124 e. The van der Waals surface area contributed by atoms with Crippen LogP contribution in [0.15, 0.2) is 60.7 Å². The van der Waals surface area contributed by atoms with Gasteiger partial charge in [-0.25, -0.2) is 0 Å². The van der Waals surface area contributed by atoms with E-state index in [1.165, 1.54) is 11.1 Å². The number of rotatable bonds is 3. The largest absolute Gasteiger partial charge is 0.0683 e. The minimum atomic E-state index is 0.559. The van der Waals surface area contributed by atoms with Gasteiger partial charge >= 0.3 is 0 Å². The third-order valence-corrected chi connectivity index (χ3v) is 3.40. The Morgan fingerprint density at radius 2 is 0.625 bits per heavy atom. The van der Waals surface area contributed by atoms with Crippen molar-refractivity contribution in [3.8, 4) is 0 Å². The Balaban J connectivity index is -0.000000484. The molecule has 1 unspecified atom stereocenters. The van der Waals surface area contributed by atoms with Gasteiger partial charge in [-0.05, 0) is 23.0 Å². The average molecular weight is 331 g/mol. The second-order valence-electron chi connectivity index (χ2n) is 4.40. The highest BCUT2D eigenvalue weighted by Gasteiger charge is 2.15. The van der Waals surface area contributed by atoms with Crippen LogP contribution in [-0.4, -0.2) is 0 Å². The molecule has 0 nitrogen and oxygen atoms in total. The number of hydrogen-bond acceptors (Lipinski definition) is 0. The summed E-state index contributed by atoms with van der Waals surface area (Å²) in [6.45, 7) is 20.6. The SMILES string of the molecule is CC.CC.CC.CC.CC(c1ccccc1)[C@@H](C)c1ccccc1. The molecule has 0 N–H and O–H groups in total. The van der Waals surface area contributed by atoms with E-state index in [1.807, 2.05) is 55.4 Å². The van der Waals surface area contributed by atoms with Crippen molar-refractivity contribution in [2.24, 2.45) is 0 Å². The lowest BCUT2D eigenvalue weighted by molar-refractivity contribution is 0.624. The number of benzene rings is 2. The summed E-state index contributed by atoms with van der Waals surface area (Å²) in [7, 11) is 0. The zero-order chi connectivity index (χ0) is 19.4. The minimum absolute atomic E-state index is 0.559. The molecule has 0 aliphatic heterocycles. The highest BCUT2D eigenvalue weighted by molar-refractivity contribution is 5.27. The molecule has 2 aromatic rings. The van der Waals surface area contributed by atoms with E-state index < -0.39 is 0 Å². The molecule has 0 aliphatic rings. The maximum atomic E-state index is 2.30. The van der Waals surface area contributed by atoms with E-state index in [4.69, 9.17) is 0 Å². The molecule has 0 saturated carbocycles. The topological polar surface area (TPSA) is 0 Å². The molecule has 138 valence electrons. The third-order valence-electron chi connectivity index (χ3n) is 3.40. The molecular weight excluding hydrogens is 288 g/mol. The standard InChI is InChI=1S/C16H18.4C2H6/c1-13(15-9-5-3-6-10-15)14(2)16-11-7-4-8-12-16;4*1-2/h3-14H,1-2H3;4*1-2H3/t13-,14?;;;;/m1..../s1. The Morgan fingerprint density at radius 3 is 0.833 bits per heavy atom. The van der Waals surface area contributed by atoms with E-state index in [9.17, 15) is 0 Å². The maximum absolute atomic E-state index is 2.30. The van der Waals surface area contributed by atoms with E-state index >= 15 is 0 Å². The van der Waals surface area contributed by atoms with Gasteiger partial charge in [0.2, 0.25) is 0 Å². The van der Waals surface area contributed by atoms with Crippen LogP contribution in [0.2, 0.25) is 0 Å². The summed E-state index contributed by atoms with van der Waals surface area (Å²) in [5, 5.41) is 0. The van der Waals surface area contributed by atoms with Gasteiger partial charge in [0.1, 0.15) is 0 Å². The molecule has 0 fully saturated rings. The third kappa shape index (κ3) is 11.0. The van der Waals surface area contributed by atoms with Crippen molar-refractivity contribution in [2.75, 3.05) is 0 Å². The van der Waals surface area contributed by atoms with Crippen LogP contribution >= 0.6 is 0 Å². The average Bonchev–Trinajstić information content (AvgIpc) is 2.74. The lowest BCUT2D eigenvalue weighted by atomic mass is 9.84. The number of hydrogen-bond donors (Lipinski definition) is 0. The van der Waals surface area contributed by atoms with Crippen LogP contribution in [0.1, 0.15) is 92.2 Å². The van der Waals surface area contributed by atoms with Gasteiger partial charge in [0.05, 0.1) is 0 Å². The summed E-state index contributed by atoms with van der Waals surface area (Å²) in [4.78, 5) is 0. The zero-order valence-electron chi connectivity index (χ0n) is 17.9. The quantitative estimate of drug-likeness (QED) is 0.528. The summed E-state index contributed by atoms with van der Waals surface area (Å²) in [6, 6.07) is 21.5. The summed E-state index contributed by atoms with van der Waals surface area (Å²) in [5.74, 6) is 1.12. The van der Waals surface area contributed by atoms with E-state index in [0.29, 0.717) is 11.8 Å². The van der Waals surface area contributed by atoms with Crippen LogP contribution in [0.5, 0.6) is 0 Å².